The number of hydrogen-bond donors (Lipinski definition) is 0. The molecule has 1 aliphatic carbocycles. The molecule has 3 heterocycles. The number of nitriles is 1. The standard InChI is InChI=1S/C21H17N5/c22-13-15-4-6-16(7-5-15)17-12-19-21(23-14-17)24-20-8-9-25(10-11-26(19)20)18-2-1-3-18/h1-7,12,14H,8-11H2. The van der Waals surface area contributed by atoms with Gasteiger partial charge >= 0.3 is 0 Å². The Morgan fingerprint density at radius 2 is 1.88 bits per heavy atom. The molecule has 1 aliphatic heterocycles. The number of hydrogen-bond acceptors (Lipinski definition) is 4. The Hall–Kier alpha value is -3.39. The Balaban J connectivity index is 1.51. The Kier molecular flexibility index (Phi) is 3.36. The van der Waals surface area contributed by atoms with Crippen LogP contribution in [0.2, 0.25) is 0 Å². The minimum Gasteiger partial charge on any atom is -0.369 e. The van der Waals surface area contributed by atoms with Crippen molar-refractivity contribution >= 4 is 11.2 Å². The summed E-state index contributed by atoms with van der Waals surface area (Å²) in [7, 11) is 0. The first-order valence-corrected chi connectivity index (χ1v) is 8.81. The molecular weight excluding hydrogens is 322 g/mol. The van der Waals surface area contributed by atoms with Gasteiger partial charge in [-0.05, 0) is 35.9 Å². The topological polar surface area (TPSA) is 57.7 Å². The molecule has 0 radical (unpaired) electrons. The van der Waals surface area contributed by atoms with Gasteiger partial charge in [-0.15, -0.1) is 0 Å². The Morgan fingerprint density at radius 1 is 1.04 bits per heavy atom. The summed E-state index contributed by atoms with van der Waals surface area (Å²) in [5.74, 6) is 1.11. The molecule has 126 valence electrons. The first-order valence-electron chi connectivity index (χ1n) is 8.81. The van der Waals surface area contributed by atoms with Crippen LogP contribution in [0.25, 0.3) is 22.3 Å². The molecule has 5 nitrogen and oxygen atoms in total. The van der Waals surface area contributed by atoms with Gasteiger partial charge in [-0.3, -0.25) is 0 Å². The average Bonchev–Trinajstić information content (AvgIpc) is 2.86. The van der Waals surface area contributed by atoms with Gasteiger partial charge in [0.05, 0.1) is 17.1 Å². The molecule has 2 aromatic heterocycles. The molecule has 0 N–H and O–H groups in total. The Morgan fingerprint density at radius 3 is 2.62 bits per heavy atom. The van der Waals surface area contributed by atoms with Gasteiger partial charge in [0, 0.05) is 43.5 Å². The third kappa shape index (κ3) is 2.39. The number of allylic oxidation sites excluding steroid dienone is 3. The van der Waals surface area contributed by atoms with E-state index in [1.54, 1.807) is 0 Å². The van der Waals surface area contributed by atoms with E-state index in [9.17, 15) is 0 Å². The van der Waals surface area contributed by atoms with Crippen LogP contribution in [-0.4, -0.2) is 32.5 Å². The van der Waals surface area contributed by atoms with Crippen molar-refractivity contribution in [1.29, 1.82) is 5.26 Å². The molecule has 0 saturated heterocycles. The van der Waals surface area contributed by atoms with Gasteiger partial charge in [-0.2, -0.15) is 5.26 Å². The predicted octanol–water partition coefficient (Wildman–Crippen LogP) is 3.28. The van der Waals surface area contributed by atoms with Crippen LogP contribution in [0.3, 0.4) is 0 Å². The van der Waals surface area contributed by atoms with E-state index in [0.717, 1.165) is 54.2 Å². The van der Waals surface area contributed by atoms with Crippen molar-refractivity contribution in [2.75, 3.05) is 13.1 Å². The first kappa shape index (κ1) is 14.9. The summed E-state index contributed by atoms with van der Waals surface area (Å²) in [6.07, 6.45) is 9.20. The molecule has 0 saturated carbocycles. The van der Waals surface area contributed by atoms with Crippen LogP contribution in [-0.2, 0) is 13.0 Å². The molecule has 0 atom stereocenters. The number of fused-ring (bicyclic) bond motifs is 3. The third-order valence-corrected chi connectivity index (χ3v) is 5.13. The zero-order valence-electron chi connectivity index (χ0n) is 14.3. The van der Waals surface area contributed by atoms with Gasteiger partial charge in [-0.25, -0.2) is 9.97 Å². The fourth-order valence-electron chi connectivity index (χ4n) is 3.61. The SMILES string of the molecule is N#Cc1ccc(-c2cnc3nc4n(c3c2)CCN(C2=CC=C2)CC4)cc1. The van der Waals surface area contributed by atoms with E-state index in [0.29, 0.717) is 5.56 Å². The summed E-state index contributed by atoms with van der Waals surface area (Å²) in [5.41, 5.74) is 6.00. The van der Waals surface area contributed by atoms with E-state index in [4.69, 9.17) is 10.2 Å². The second-order valence-corrected chi connectivity index (χ2v) is 6.62. The van der Waals surface area contributed by atoms with Gasteiger partial charge in [0.25, 0.3) is 0 Å². The third-order valence-electron chi connectivity index (χ3n) is 5.13. The van der Waals surface area contributed by atoms with Gasteiger partial charge in [-0.1, -0.05) is 18.2 Å². The summed E-state index contributed by atoms with van der Waals surface area (Å²) in [5, 5.41) is 8.97. The van der Waals surface area contributed by atoms with Crippen molar-refractivity contribution in [3.8, 4) is 17.2 Å². The molecule has 0 fully saturated rings. The molecule has 0 amide bonds. The number of nitrogens with zero attached hydrogens (tertiary/aromatic N) is 5. The fraction of sp³-hybridized carbons (Fsp3) is 0.190. The molecule has 2 aliphatic rings. The lowest BCUT2D eigenvalue weighted by molar-refractivity contribution is 0.359. The van der Waals surface area contributed by atoms with Crippen LogP contribution in [0.4, 0.5) is 0 Å². The molecule has 0 bridgehead atoms. The molecular formula is C21H17N5. The molecule has 3 aromatic rings. The van der Waals surface area contributed by atoms with Crippen molar-refractivity contribution in [3.05, 3.63) is 71.8 Å². The van der Waals surface area contributed by atoms with E-state index in [1.165, 1.54) is 5.70 Å². The molecule has 26 heavy (non-hydrogen) atoms. The minimum absolute atomic E-state index is 0.667. The van der Waals surface area contributed by atoms with E-state index in [1.807, 2.05) is 30.5 Å². The average molecular weight is 339 g/mol. The van der Waals surface area contributed by atoms with E-state index in [2.05, 4.69) is 44.8 Å². The minimum atomic E-state index is 0.667. The molecule has 5 rings (SSSR count). The first-order chi connectivity index (χ1) is 12.8. The van der Waals surface area contributed by atoms with E-state index < -0.39 is 0 Å². The van der Waals surface area contributed by atoms with Gasteiger partial charge in [0.2, 0.25) is 0 Å². The normalized spacial score (nSPS) is 15.8. The number of imidazole rings is 1. The highest BCUT2D eigenvalue weighted by molar-refractivity contribution is 5.79. The van der Waals surface area contributed by atoms with E-state index >= 15 is 0 Å². The van der Waals surface area contributed by atoms with Crippen LogP contribution in [0.1, 0.15) is 11.4 Å². The largest absolute Gasteiger partial charge is 0.369 e. The van der Waals surface area contributed by atoms with Crippen molar-refractivity contribution in [3.63, 3.8) is 0 Å². The van der Waals surface area contributed by atoms with Crippen LogP contribution >= 0.6 is 0 Å². The number of benzene rings is 1. The highest BCUT2D eigenvalue weighted by Crippen LogP contribution is 2.26. The summed E-state index contributed by atoms with van der Waals surface area (Å²) in [6.45, 7) is 2.88. The second kappa shape index (κ2) is 5.85. The van der Waals surface area contributed by atoms with Gasteiger partial charge in [0.1, 0.15) is 5.82 Å². The maximum Gasteiger partial charge on any atom is 0.177 e. The maximum atomic E-state index is 8.97. The van der Waals surface area contributed by atoms with Crippen molar-refractivity contribution in [2.24, 2.45) is 0 Å². The quantitative estimate of drug-likeness (QED) is 0.719. The van der Waals surface area contributed by atoms with Gasteiger partial charge < -0.3 is 9.47 Å². The van der Waals surface area contributed by atoms with Crippen LogP contribution < -0.4 is 0 Å². The number of pyridine rings is 1. The highest BCUT2D eigenvalue weighted by atomic mass is 15.2. The Labute approximate surface area is 151 Å². The molecule has 5 heteroatoms. The smallest absolute Gasteiger partial charge is 0.177 e. The number of rotatable bonds is 2. The lowest BCUT2D eigenvalue weighted by Gasteiger charge is -2.25. The summed E-state index contributed by atoms with van der Waals surface area (Å²) in [6, 6.07) is 11.9. The summed E-state index contributed by atoms with van der Waals surface area (Å²) < 4.78 is 2.30. The molecule has 0 unspecified atom stereocenters. The van der Waals surface area contributed by atoms with Crippen molar-refractivity contribution in [1.82, 2.24) is 19.4 Å². The van der Waals surface area contributed by atoms with Crippen LogP contribution in [0, 0.1) is 11.3 Å². The highest BCUT2D eigenvalue weighted by Gasteiger charge is 2.20. The maximum absolute atomic E-state index is 8.97. The van der Waals surface area contributed by atoms with E-state index in [-0.39, 0.29) is 0 Å². The molecule has 0 spiro atoms. The predicted molar refractivity (Wildman–Crippen MR) is 100 cm³/mol. The monoisotopic (exact) mass is 339 g/mol. The summed E-state index contributed by atoms with van der Waals surface area (Å²) in [4.78, 5) is 11.8. The number of aromatic nitrogens is 3. The van der Waals surface area contributed by atoms with Crippen LogP contribution in [0.5, 0.6) is 0 Å². The van der Waals surface area contributed by atoms with Crippen LogP contribution in [0.15, 0.2) is 60.5 Å². The zero-order chi connectivity index (χ0) is 17.5. The fourth-order valence-corrected chi connectivity index (χ4v) is 3.61. The Bertz CT molecular complexity index is 1100. The second-order valence-electron chi connectivity index (χ2n) is 6.62. The van der Waals surface area contributed by atoms with Crippen molar-refractivity contribution < 1.29 is 0 Å². The molecule has 1 aromatic carbocycles. The summed E-state index contributed by atoms with van der Waals surface area (Å²) >= 11 is 0. The zero-order valence-corrected chi connectivity index (χ0v) is 14.3. The van der Waals surface area contributed by atoms with Crippen molar-refractivity contribution in [2.45, 2.75) is 13.0 Å². The lowest BCUT2D eigenvalue weighted by Crippen LogP contribution is -2.26. The van der Waals surface area contributed by atoms with Gasteiger partial charge in [0.15, 0.2) is 5.65 Å². The lowest BCUT2D eigenvalue weighted by atomic mass is 10.1.